The Morgan fingerprint density at radius 1 is 1.26 bits per heavy atom. The Balaban J connectivity index is 0.00000199. The number of carbonyl (C=O) groups is 4. The number of anilines is 1. The number of aromatic nitrogens is 2. The fraction of sp³-hybridized carbons (Fsp3) is 0.429. The molecule has 13 heteroatoms. The molecule has 0 aromatic carbocycles. The van der Waals surface area contributed by atoms with Crippen molar-refractivity contribution in [1.82, 2.24) is 30.4 Å². The van der Waals surface area contributed by atoms with Crippen molar-refractivity contribution in [3.05, 3.63) is 38.9 Å². The lowest BCUT2D eigenvalue weighted by Crippen LogP contribution is -2.51. The molecule has 0 spiro atoms. The number of pyridine rings is 1. The van der Waals surface area contributed by atoms with E-state index in [1.54, 1.807) is 6.07 Å². The molecule has 3 N–H and O–H groups in total. The van der Waals surface area contributed by atoms with Crippen molar-refractivity contribution in [2.45, 2.75) is 19.0 Å². The maximum Gasteiger partial charge on any atom is 0.314 e. The van der Waals surface area contributed by atoms with Crippen LogP contribution in [0.5, 0.6) is 0 Å². The monoisotopic (exact) mass is 509 g/mol. The number of amides is 3. The third-order valence-corrected chi connectivity index (χ3v) is 6.03. The minimum Gasteiger partial charge on any atom is -0.348 e. The van der Waals surface area contributed by atoms with Gasteiger partial charge in [0.2, 0.25) is 0 Å². The van der Waals surface area contributed by atoms with E-state index in [2.05, 4.69) is 30.8 Å². The Labute approximate surface area is 206 Å². The van der Waals surface area contributed by atoms with Crippen LogP contribution in [0.4, 0.5) is 5.82 Å². The van der Waals surface area contributed by atoms with E-state index in [1.807, 2.05) is 32.8 Å². The first-order valence-corrected chi connectivity index (χ1v) is 11.5. The molecule has 0 radical (unpaired) electrons. The van der Waals surface area contributed by atoms with Crippen LogP contribution in [-0.4, -0.2) is 91.1 Å². The molecule has 0 unspecified atom stereocenters. The van der Waals surface area contributed by atoms with E-state index in [-0.39, 0.29) is 18.3 Å². The summed E-state index contributed by atoms with van der Waals surface area (Å²) in [5.74, 6) is -1.76. The molecule has 0 bridgehead atoms. The van der Waals surface area contributed by atoms with Gasteiger partial charge in [0.15, 0.2) is 5.01 Å². The molecule has 1 atom stereocenters. The van der Waals surface area contributed by atoms with E-state index < -0.39 is 17.9 Å². The minimum atomic E-state index is -0.855. The molecule has 0 fully saturated rings. The average molecular weight is 510 g/mol. The van der Waals surface area contributed by atoms with Crippen LogP contribution in [0.1, 0.15) is 20.4 Å². The van der Waals surface area contributed by atoms with E-state index in [1.165, 1.54) is 23.6 Å². The Kier molecular flexibility index (Phi) is 10.5. The summed E-state index contributed by atoms with van der Waals surface area (Å²) in [4.78, 5) is 58.7. The summed E-state index contributed by atoms with van der Waals surface area (Å²) in [5, 5.41) is 8.72. The molecule has 11 nitrogen and oxygen atoms in total. The lowest BCUT2D eigenvalue weighted by molar-refractivity contribution is -0.136. The van der Waals surface area contributed by atoms with Crippen molar-refractivity contribution in [2.24, 2.45) is 0 Å². The van der Waals surface area contributed by atoms with Crippen molar-refractivity contribution < 1.29 is 19.2 Å². The predicted octanol–water partition coefficient (Wildman–Crippen LogP) is 0.409. The molecule has 2 aromatic rings. The second-order valence-corrected chi connectivity index (χ2v) is 9.36. The van der Waals surface area contributed by atoms with Gasteiger partial charge in [0.1, 0.15) is 12.6 Å². The Morgan fingerprint density at radius 2 is 2.00 bits per heavy atom. The van der Waals surface area contributed by atoms with Crippen LogP contribution in [0, 0.1) is 0 Å². The fourth-order valence-corrected chi connectivity index (χ4v) is 4.40. The molecular weight excluding hydrogens is 482 g/mol. The smallest absolute Gasteiger partial charge is 0.314 e. The van der Waals surface area contributed by atoms with Crippen molar-refractivity contribution in [2.75, 3.05) is 46.1 Å². The van der Waals surface area contributed by atoms with Crippen LogP contribution in [0.25, 0.3) is 0 Å². The molecule has 34 heavy (non-hydrogen) atoms. The van der Waals surface area contributed by atoms with Gasteiger partial charge in [-0.05, 0) is 33.3 Å². The van der Waals surface area contributed by atoms with Crippen LogP contribution in [0.3, 0.4) is 0 Å². The third kappa shape index (κ3) is 8.13. The number of hydrogen-bond donors (Lipinski definition) is 3. The number of carbonyl (C=O) groups excluding carboxylic acids is 4. The van der Waals surface area contributed by atoms with E-state index >= 15 is 0 Å². The van der Waals surface area contributed by atoms with Crippen LogP contribution >= 0.6 is 22.9 Å². The summed E-state index contributed by atoms with van der Waals surface area (Å²) in [6, 6.07) is 2.57. The zero-order valence-corrected chi connectivity index (χ0v) is 20.8. The van der Waals surface area contributed by atoms with E-state index in [4.69, 9.17) is 16.4 Å². The average Bonchev–Trinajstić information content (AvgIpc) is 3.23. The van der Waals surface area contributed by atoms with Crippen LogP contribution in [0.2, 0.25) is 5.02 Å². The van der Waals surface area contributed by atoms with Gasteiger partial charge in [-0.15, -0.1) is 11.3 Å². The molecule has 3 rings (SSSR count). The number of halogens is 1. The fourth-order valence-electron chi connectivity index (χ4n) is 3.19. The number of nitrogens with one attached hydrogen (secondary N) is 3. The first-order chi connectivity index (χ1) is 16.2. The number of fused-ring (bicyclic) bond motifs is 1. The maximum absolute atomic E-state index is 12.6. The standard InChI is InChI=1S/C20H26ClN7O3S.CH2O/c1-27(2)10-13(24-17(29)18(30)26-16-5-4-12(21)8-22-16)9-23-19(31)20-25-14-6-7-28(3)11-15(14)32-20;1-2/h4-5,8,13H,6-7,9-11H2,1-3H3,(H,23,31)(H,24,29)(H,22,26,30);1H2/t13-;/m0./s1. The third-order valence-electron chi connectivity index (χ3n) is 4.72. The van der Waals surface area contributed by atoms with Gasteiger partial charge in [0.05, 0.1) is 16.8 Å². The van der Waals surface area contributed by atoms with Gasteiger partial charge in [0.25, 0.3) is 5.91 Å². The normalized spacial score (nSPS) is 13.8. The lowest BCUT2D eigenvalue weighted by Gasteiger charge is -2.22. The molecule has 0 saturated heterocycles. The van der Waals surface area contributed by atoms with Crippen LogP contribution in [-0.2, 0) is 27.3 Å². The van der Waals surface area contributed by atoms with Gasteiger partial charge in [0, 0.05) is 43.7 Å². The Hall–Kier alpha value is -2.93. The molecule has 3 amide bonds. The summed E-state index contributed by atoms with van der Waals surface area (Å²) in [5.41, 5.74) is 0.976. The summed E-state index contributed by atoms with van der Waals surface area (Å²) in [7, 11) is 5.71. The second kappa shape index (κ2) is 13.1. The summed E-state index contributed by atoms with van der Waals surface area (Å²) in [6.45, 7) is 4.29. The number of nitrogens with zero attached hydrogens (tertiary/aromatic N) is 4. The van der Waals surface area contributed by atoms with Crippen molar-refractivity contribution in [1.29, 1.82) is 0 Å². The number of thiazole rings is 1. The topological polar surface area (TPSA) is 137 Å². The zero-order valence-electron chi connectivity index (χ0n) is 19.3. The highest BCUT2D eigenvalue weighted by Crippen LogP contribution is 2.24. The van der Waals surface area contributed by atoms with Gasteiger partial charge < -0.3 is 30.5 Å². The van der Waals surface area contributed by atoms with Crippen molar-refractivity contribution in [3.8, 4) is 0 Å². The molecular formula is C21H28ClN7O4S. The van der Waals surface area contributed by atoms with Gasteiger partial charge in [-0.25, -0.2) is 9.97 Å². The molecule has 2 aromatic heterocycles. The molecule has 184 valence electrons. The zero-order chi connectivity index (χ0) is 25.3. The molecule has 0 aliphatic carbocycles. The number of likely N-dealkylation sites (N-methyl/N-ethyl adjacent to an activating group) is 2. The van der Waals surface area contributed by atoms with E-state index in [0.717, 1.165) is 30.1 Å². The molecule has 3 heterocycles. The Bertz CT molecular complexity index is 1000. The lowest BCUT2D eigenvalue weighted by atomic mass is 10.2. The second-order valence-electron chi connectivity index (χ2n) is 7.84. The Morgan fingerprint density at radius 3 is 2.65 bits per heavy atom. The van der Waals surface area contributed by atoms with Crippen LogP contribution < -0.4 is 16.0 Å². The van der Waals surface area contributed by atoms with E-state index in [0.29, 0.717) is 16.6 Å². The predicted molar refractivity (Wildman–Crippen MR) is 130 cm³/mol. The molecule has 0 saturated carbocycles. The highest BCUT2D eigenvalue weighted by atomic mass is 35.5. The first kappa shape index (κ1) is 27.3. The maximum atomic E-state index is 12.6. The number of hydrogen-bond acceptors (Lipinski definition) is 9. The van der Waals surface area contributed by atoms with Gasteiger partial charge >= 0.3 is 11.8 Å². The minimum absolute atomic E-state index is 0.152. The quantitative estimate of drug-likeness (QED) is 0.456. The van der Waals surface area contributed by atoms with Gasteiger partial charge in [-0.3, -0.25) is 14.4 Å². The van der Waals surface area contributed by atoms with Gasteiger partial charge in [-0.1, -0.05) is 11.6 Å². The SMILES string of the molecule is C=O.CN(C)C[C@H](CNC(=O)c1nc2c(s1)CN(C)CC2)NC(=O)C(=O)Nc1ccc(Cl)cn1. The largest absolute Gasteiger partial charge is 0.348 e. The van der Waals surface area contributed by atoms with Crippen molar-refractivity contribution in [3.63, 3.8) is 0 Å². The van der Waals surface area contributed by atoms with Gasteiger partial charge in [-0.2, -0.15) is 0 Å². The van der Waals surface area contributed by atoms with Crippen LogP contribution in [0.15, 0.2) is 18.3 Å². The summed E-state index contributed by atoms with van der Waals surface area (Å²) in [6.07, 6.45) is 2.19. The van der Waals surface area contributed by atoms with E-state index in [9.17, 15) is 14.4 Å². The van der Waals surface area contributed by atoms with Crippen molar-refractivity contribution >= 4 is 53.3 Å². The summed E-state index contributed by atoms with van der Waals surface area (Å²) < 4.78 is 0. The molecule has 1 aliphatic heterocycles. The molecule has 1 aliphatic rings. The highest BCUT2D eigenvalue weighted by Gasteiger charge is 2.23. The summed E-state index contributed by atoms with van der Waals surface area (Å²) >= 11 is 7.16. The highest BCUT2D eigenvalue weighted by molar-refractivity contribution is 7.13. The first-order valence-electron chi connectivity index (χ1n) is 10.3. The number of rotatable bonds is 7.